The highest BCUT2D eigenvalue weighted by Gasteiger charge is 2.22. The van der Waals surface area contributed by atoms with E-state index in [0.29, 0.717) is 16.3 Å². The van der Waals surface area contributed by atoms with Crippen LogP contribution >= 0.6 is 11.6 Å². The molecule has 0 bridgehead atoms. The summed E-state index contributed by atoms with van der Waals surface area (Å²) in [6.45, 7) is 2.82. The molecule has 0 aliphatic heterocycles. The summed E-state index contributed by atoms with van der Waals surface area (Å²) in [7, 11) is -3.90. The number of anilines is 1. The molecule has 2 rings (SSSR count). The van der Waals surface area contributed by atoms with Gasteiger partial charge in [0.05, 0.1) is 10.9 Å². The number of benzene rings is 2. The predicted octanol–water partition coefficient (Wildman–Crippen LogP) is 2.85. The second kappa shape index (κ2) is 7.77. The van der Waals surface area contributed by atoms with Crippen LogP contribution in [0.25, 0.3) is 0 Å². The fourth-order valence-corrected chi connectivity index (χ4v) is 3.43. The molecule has 132 valence electrons. The Balaban J connectivity index is 2.08. The van der Waals surface area contributed by atoms with E-state index in [1.807, 2.05) is 0 Å². The van der Waals surface area contributed by atoms with Gasteiger partial charge in [0, 0.05) is 16.3 Å². The van der Waals surface area contributed by atoms with Gasteiger partial charge in [0.15, 0.2) is 5.78 Å². The maximum Gasteiger partial charge on any atom is 0.242 e. The predicted molar refractivity (Wildman–Crippen MR) is 96.3 cm³/mol. The first-order valence-electron chi connectivity index (χ1n) is 7.39. The van der Waals surface area contributed by atoms with E-state index >= 15 is 0 Å². The van der Waals surface area contributed by atoms with Gasteiger partial charge in [0.1, 0.15) is 0 Å². The maximum atomic E-state index is 12.3. The van der Waals surface area contributed by atoms with Gasteiger partial charge in [-0.25, -0.2) is 8.42 Å². The van der Waals surface area contributed by atoms with Crippen LogP contribution in [0.4, 0.5) is 5.69 Å². The third-order valence-electron chi connectivity index (χ3n) is 3.39. The van der Waals surface area contributed by atoms with Gasteiger partial charge < -0.3 is 5.32 Å². The molecule has 0 spiro atoms. The van der Waals surface area contributed by atoms with Crippen LogP contribution in [0.2, 0.25) is 5.02 Å². The van der Waals surface area contributed by atoms with Gasteiger partial charge in [0.2, 0.25) is 15.9 Å². The highest BCUT2D eigenvalue weighted by molar-refractivity contribution is 7.89. The van der Waals surface area contributed by atoms with E-state index in [2.05, 4.69) is 10.0 Å². The zero-order valence-corrected chi connectivity index (χ0v) is 15.2. The van der Waals surface area contributed by atoms with Crippen LogP contribution in [0.3, 0.4) is 0 Å². The standard InChI is InChI=1S/C17H17ClN2O4S/c1-11(17(22)19-15-5-3-4-14(18)10-15)20-25(23,24)16-8-6-13(7-9-16)12(2)21/h3-11,20H,1-2H3,(H,19,22)/t11-/m0/s1. The van der Waals surface area contributed by atoms with Crippen LogP contribution in [-0.4, -0.2) is 26.2 Å². The summed E-state index contributed by atoms with van der Waals surface area (Å²) in [5, 5.41) is 3.04. The third-order valence-corrected chi connectivity index (χ3v) is 5.18. The molecule has 6 nitrogen and oxygen atoms in total. The lowest BCUT2D eigenvalue weighted by Gasteiger charge is -2.15. The van der Waals surface area contributed by atoms with Crippen LogP contribution in [0, 0.1) is 0 Å². The second-order valence-electron chi connectivity index (χ2n) is 5.42. The van der Waals surface area contributed by atoms with Crippen molar-refractivity contribution in [2.24, 2.45) is 0 Å². The summed E-state index contributed by atoms with van der Waals surface area (Å²) < 4.78 is 27.0. The monoisotopic (exact) mass is 380 g/mol. The van der Waals surface area contributed by atoms with Crippen molar-refractivity contribution in [3.63, 3.8) is 0 Å². The number of carbonyl (C=O) groups is 2. The van der Waals surface area contributed by atoms with Crippen molar-refractivity contribution in [1.29, 1.82) is 0 Å². The van der Waals surface area contributed by atoms with Crippen molar-refractivity contribution in [3.8, 4) is 0 Å². The number of amides is 1. The van der Waals surface area contributed by atoms with Gasteiger partial charge in [-0.2, -0.15) is 4.72 Å². The smallest absolute Gasteiger partial charge is 0.242 e. The first kappa shape index (κ1) is 19.1. The average molecular weight is 381 g/mol. The van der Waals surface area contributed by atoms with Crippen LogP contribution in [0.15, 0.2) is 53.4 Å². The molecule has 8 heteroatoms. The Bertz CT molecular complexity index is 895. The zero-order chi connectivity index (χ0) is 18.6. The molecule has 2 aromatic carbocycles. The van der Waals surface area contributed by atoms with E-state index in [1.54, 1.807) is 24.3 Å². The highest BCUT2D eigenvalue weighted by atomic mass is 35.5. The largest absolute Gasteiger partial charge is 0.325 e. The van der Waals surface area contributed by atoms with E-state index in [1.165, 1.54) is 38.1 Å². The van der Waals surface area contributed by atoms with E-state index in [4.69, 9.17) is 11.6 Å². The molecular formula is C17H17ClN2O4S. The molecule has 0 saturated heterocycles. The lowest BCUT2D eigenvalue weighted by molar-refractivity contribution is -0.117. The van der Waals surface area contributed by atoms with Gasteiger partial charge in [-0.1, -0.05) is 29.8 Å². The molecule has 0 aromatic heterocycles. The normalized spacial score (nSPS) is 12.4. The number of sulfonamides is 1. The number of hydrogen-bond acceptors (Lipinski definition) is 4. The fourth-order valence-electron chi connectivity index (χ4n) is 2.04. The molecule has 2 aromatic rings. The summed E-state index contributed by atoms with van der Waals surface area (Å²) in [5.74, 6) is -0.683. The molecule has 2 N–H and O–H groups in total. The summed E-state index contributed by atoms with van der Waals surface area (Å²) in [4.78, 5) is 23.4. The van der Waals surface area contributed by atoms with Crippen LogP contribution in [-0.2, 0) is 14.8 Å². The molecular weight excluding hydrogens is 364 g/mol. The number of hydrogen-bond donors (Lipinski definition) is 2. The summed E-state index contributed by atoms with van der Waals surface area (Å²) in [5.41, 5.74) is 0.875. The van der Waals surface area contributed by atoms with Crippen LogP contribution < -0.4 is 10.0 Å². The van der Waals surface area contributed by atoms with Crippen molar-refractivity contribution in [2.75, 3.05) is 5.32 Å². The van der Waals surface area contributed by atoms with Crippen molar-refractivity contribution in [1.82, 2.24) is 4.72 Å². The molecule has 0 saturated carbocycles. The molecule has 1 amide bonds. The quantitative estimate of drug-likeness (QED) is 0.753. The molecule has 0 aliphatic carbocycles. The minimum absolute atomic E-state index is 0.0279. The van der Waals surface area contributed by atoms with Gasteiger partial charge in [-0.3, -0.25) is 9.59 Å². The second-order valence-corrected chi connectivity index (χ2v) is 7.57. The Morgan fingerprint density at radius 3 is 2.28 bits per heavy atom. The van der Waals surface area contributed by atoms with Crippen molar-refractivity contribution < 1.29 is 18.0 Å². The van der Waals surface area contributed by atoms with Crippen molar-refractivity contribution in [2.45, 2.75) is 24.8 Å². The topological polar surface area (TPSA) is 92.3 Å². The minimum atomic E-state index is -3.90. The molecule has 0 radical (unpaired) electrons. The Kier molecular flexibility index (Phi) is 5.94. The lowest BCUT2D eigenvalue weighted by atomic mass is 10.2. The molecule has 0 fully saturated rings. The third kappa shape index (κ3) is 5.12. The molecule has 25 heavy (non-hydrogen) atoms. The first-order valence-corrected chi connectivity index (χ1v) is 9.25. The highest BCUT2D eigenvalue weighted by Crippen LogP contribution is 2.16. The summed E-state index contributed by atoms with van der Waals surface area (Å²) in [6, 6.07) is 11.0. The molecule has 0 unspecified atom stereocenters. The average Bonchev–Trinajstić information content (AvgIpc) is 2.54. The zero-order valence-electron chi connectivity index (χ0n) is 13.6. The minimum Gasteiger partial charge on any atom is -0.325 e. The van der Waals surface area contributed by atoms with E-state index in [9.17, 15) is 18.0 Å². The van der Waals surface area contributed by atoms with Gasteiger partial charge in [-0.15, -0.1) is 0 Å². The van der Waals surface area contributed by atoms with Gasteiger partial charge in [-0.05, 0) is 44.2 Å². The number of carbonyl (C=O) groups excluding carboxylic acids is 2. The Morgan fingerprint density at radius 2 is 1.72 bits per heavy atom. The van der Waals surface area contributed by atoms with Gasteiger partial charge in [0.25, 0.3) is 0 Å². The fraction of sp³-hybridized carbons (Fsp3) is 0.176. The van der Waals surface area contributed by atoms with Crippen LogP contribution in [0.1, 0.15) is 24.2 Å². The van der Waals surface area contributed by atoms with Gasteiger partial charge >= 0.3 is 0 Å². The Labute approximate surface area is 151 Å². The maximum absolute atomic E-state index is 12.3. The van der Waals surface area contributed by atoms with Crippen molar-refractivity contribution >= 4 is 39.0 Å². The number of halogens is 1. The molecule has 1 atom stereocenters. The number of rotatable bonds is 6. The summed E-state index contributed by atoms with van der Waals surface area (Å²) >= 11 is 5.84. The number of nitrogens with one attached hydrogen (secondary N) is 2. The lowest BCUT2D eigenvalue weighted by Crippen LogP contribution is -2.41. The SMILES string of the molecule is CC(=O)c1ccc(S(=O)(=O)N[C@@H](C)C(=O)Nc2cccc(Cl)c2)cc1. The Morgan fingerprint density at radius 1 is 1.08 bits per heavy atom. The van der Waals surface area contributed by atoms with E-state index in [0.717, 1.165) is 0 Å². The van der Waals surface area contributed by atoms with Crippen LogP contribution in [0.5, 0.6) is 0 Å². The van der Waals surface area contributed by atoms with Crippen molar-refractivity contribution in [3.05, 3.63) is 59.1 Å². The number of ketones is 1. The Hall–Kier alpha value is -2.22. The first-order chi connectivity index (χ1) is 11.7. The van der Waals surface area contributed by atoms with E-state index in [-0.39, 0.29) is 10.7 Å². The molecule has 0 aliphatic rings. The molecule has 0 heterocycles. The number of Topliss-reactive ketones (excluding diaryl/α,β-unsaturated/α-hetero) is 1. The summed E-state index contributed by atoms with van der Waals surface area (Å²) in [6.07, 6.45) is 0. The van der Waals surface area contributed by atoms with E-state index < -0.39 is 22.0 Å².